The number of pyridine rings is 2. The fourth-order valence-corrected chi connectivity index (χ4v) is 2.09. The number of nitrogens with one attached hydrogen (secondary N) is 1. The standard InChI is InChI=1S/C10H15N3O3.C9H14N2O2.B7/c1-15-6-3-7-16-9-5-2-4-8(12-9)13-10(11)14;1-12-6-3-7-13-9-5-2-4-8(10)11-9;1-5-7(4)6(2)3/h2,4-5H,3,6-7H2,1H3,(H3,11,12,13,14);2,4-5H,3,6-7H2,1H3,(H2,10,11);. The number of nitrogen functional groups attached to an aromatic ring is 1. The molecule has 0 aliphatic carbocycles. The molecule has 2 amide bonds. The summed E-state index contributed by atoms with van der Waals surface area (Å²) in [5, 5.41) is 2.37. The van der Waals surface area contributed by atoms with Gasteiger partial charge < -0.3 is 30.4 Å². The number of nitrogens with zero attached hydrogens (tertiary/aromatic N) is 2. The van der Waals surface area contributed by atoms with Gasteiger partial charge in [-0.15, -0.1) is 0 Å². The van der Waals surface area contributed by atoms with Crippen LogP contribution < -0.4 is 26.3 Å². The van der Waals surface area contributed by atoms with Crippen LogP contribution >= 0.6 is 0 Å². The molecule has 0 aliphatic rings. The summed E-state index contributed by atoms with van der Waals surface area (Å²) >= 11 is 0. The number of ether oxygens (including phenoxy) is 4. The highest BCUT2D eigenvalue weighted by atomic mass is 16.5. The Labute approximate surface area is 220 Å². The number of carbonyl (C=O) groups is 1. The highest BCUT2D eigenvalue weighted by molar-refractivity contribution is 7.81. The second kappa shape index (κ2) is 21.6. The number of urea groups is 1. The fourth-order valence-electron chi connectivity index (χ4n) is 2.09. The molecule has 0 spiro atoms. The number of anilines is 2. The Hall–Kier alpha value is -2.66. The van der Waals surface area contributed by atoms with Crippen LogP contribution in [0.5, 0.6) is 11.8 Å². The summed E-state index contributed by atoms with van der Waals surface area (Å²) in [6.07, 6.45) is 0.712. The normalized spacial score (nSPS) is 9.39. The van der Waals surface area contributed by atoms with Crippen molar-refractivity contribution in [2.45, 2.75) is 12.8 Å². The average Bonchev–Trinajstić information content (AvgIpc) is 2.85. The van der Waals surface area contributed by atoms with E-state index in [0.29, 0.717) is 49.8 Å². The molecule has 0 aromatic carbocycles. The number of hydrogen-bond acceptors (Lipinski definition) is 8. The van der Waals surface area contributed by atoms with Crippen LogP contribution in [0.1, 0.15) is 12.8 Å². The van der Waals surface area contributed by atoms with Gasteiger partial charge in [0.25, 0.3) is 0 Å². The Morgan fingerprint density at radius 3 is 1.89 bits per heavy atom. The SMILES string of the molecule is COCCCOc1cccc(N)n1.COCCCOc1cccc(NC(N)=O)n1.[B][B]B([B])B([B])[B]. The predicted molar refractivity (Wildman–Crippen MR) is 150 cm³/mol. The van der Waals surface area contributed by atoms with Gasteiger partial charge in [-0.25, -0.2) is 4.79 Å². The van der Waals surface area contributed by atoms with E-state index >= 15 is 0 Å². The molecule has 36 heavy (non-hydrogen) atoms. The summed E-state index contributed by atoms with van der Waals surface area (Å²) in [6, 6.07) is 9.73. The predicted octanol–water partition coefficient (Wildman–Crippen LogP) is -0.599. The van der Waals surface area contributed by atoms with Gasteiger partial charge in [-0.3, -0.25) is 5.32 Å². The molecule has 2 rings (SSSR count). The smallest absolute Gasteiger partial charge is 0.317 e. The summed E-state index contributed by atoms with van der Waals surface area (Å²) in [4.78, 5) is 18.6. The van der Waals surface area contributed by atoms with E-state index in [2.05, 4.69) is 15.3 Å². The lowest BCUT2D eigenvalue weighted by molar-refractivity contribution is 0.170. The van der Waals surface area contributed by atoms with E-state index in [1.165, 1.54) is 7.06 Å². The number of nitrogens with two attached hydrogens (primary N) is 2. The fraction of sp³-hybridized carbons (Fsp3) is 0.421. The molecule has 2 aromatic heterocycles. The van der Waals surface area contributed by atoms with Crippen LogP contribution in [-0.4, -0.2) is 107 Å². The summed E-state index contributed by atoms with van der Waals surface area (Å²) in [5.41, 5.74) is 10.4. The monoisotopic (exact) mass is 484 g/mol. The van der Waals surface area contributed by atoms with Crippen LogP contribution in [0.15, 0.2) is 36.4 Å². The lowest BCUT2D eigenvalue weighted by Gasteiger charge is -2.06. The molecule has 9 radical (unpaired) electrons. The maximum atomic E-state index is 10.6. The van der Waals surface area contributed by atoms with E-state index in [4.69, 9.17) is 61.4 Å². The maximum absolute atomic E-state index is 10.6. The highest BCUT2D eigenvalue weighted by Crippen LogP contribution is 2.11. The number of amides is 2. The highest BCUT2D eigenvalue weighted by Gasteiger charge is 2.06. The second-order valence-corrected chi connectivity index (χ2v) is 6.99. The van der Waals surface area contributed by atoms with Gasteiger partial charge in [0.2, 0.25) is 11.8 Å². The van der Waals surface area contributed by atoms with Gasteiger partial charge in [-0.05, 0) is 12.1 Å². The summed E-state index contributed by atoms with van der Waals surface area (Å²) in [5.74, 6) is 1.86. The Morgan fingerprint density at radius 2 is 1.47 bits per heavy atom. The number of aromatic nitrogens is 2. The molecule has 0 saturated heterocycles. The lowest BCUT2D eigenvalue weighted by atomic mass is 8.76. The van der Waals surface area contributed by atoms with Gasteiger partial charge in [0.05, 0.1) is 13.2 Å². The van der Waals surface area contributed by atoms with Crippen LogP contribution in [0.2, 0.25) is 0 Å². The van der Waals surface area contributed by atoms with Crippen molar-refractivity contribution < 1.29 is 23.7 Å². The molecule has 181 valence electrons. The zero-order valence-electron chi connectivity index (χ0n) is 20.8. The largest absolute Gasteiger partial charge is 0.478 e. The molecule has 17 heteroatoms. The molecule has 0 fully saturated rings. The van der Waals surface area contributed by atoms with E-state index in [-0.39, 0.29) is 6.39 Å². The van der Waals surface area contributed by atoms with Crippen molar-refractivity contribution in [3.05, 3.63) is 36.4 Å². The minimum Gasteiger partial charge on any atom is -0.478 e. The van der Waals surface area contributed by atoms with Crippen molar-refractivity contribution >= 4 is 68.4 Å². The Morgan fingerprint density at radius 1 is 0.944 bits per heavy atom. The van der Waals surface area contributed by atoms with E-state index in [1.807, 2.05) is 6.07 Å². The van der Waals surface area contributed by atoms with Crippen molar-refractivity contribution in [2.24, 2.45) is 5.73 Å². The lowest BCUT2D eigenvalue weighted by Crippen LogP contribution is -2.43. The quantitative estimate of drug-likeness (QED) is 0.253. The topological polar surface area (TPSA) is 144 Å². The third-order valence-electron chi connectivity index (χ3n) is 3.87. The molecule has 0 saturated carbocycles. The van der Waals surface area contributed by atoms with Crippen LogP contribution in [0, 0.1) is 0 Å². The van der Waals surface area contributed by atoms with E-state index in [9.17, 15) is 4.79 Å². The first-order chi connectivity index (χ1) is 17.2. The van der Waals surface area contributed by atoms with Gasteiger partial charge in [-0.1, -0.05) is 12.1 Å². The van der Waals surface area contributed by atoms with Gasteiger partial charge in [0.15, 0.2) is 0 Å². The molecule has 0 unspecified atom stereocenters. The minimum absolute atomic E-state index is 0.372. The van der Waals surface area contributed by atoms with E-state index in [1.54, 1.807) is 44.6 Å². The molecule has 0 bridgehead atoms. The average molecular weight is 483 g/mol. The van der Waals surface area contributed by atoms with Crippen molar-refractivity contribution in [3.8, 4) is 11.8 Å². The van der Waals surface area contributed by atoms with Crippen LogP contribution in [-0.2, 0) is 9.47 Å². The summed E-state index contributed by atoms with van der Waals surface area (Å²) in [6.45, 7) is 2.45. The molecular weight excluding hydrogens is 454 g/mol. The zero-order valence-corrected chi connectivity index (χ0v) is 20.8. The van der Waals surface area contributed by atoms with Crippen molar-refractivity contribution in [1.29, 1.82) is 0 Å². The van der Waals surface area contributed by atoms with Gasteiger partial charge in [0, 0.05) is 103 Å². The molecule has 0 aliphatic heterocycles. The van der Waals surface area contributed by atoms with Crippen LogP contribution in [0.25, 0.3) is 0 Å². The number of primary amides is 1. The number of carbonyl (C=O) groups excluding carboxylic acids is 1. The van der Waals surface area contributed by atoms with Gasteiger partial charge >= 0.3 is 6.03 Å². The maximum Gasteiger partial charge on any atom is 0.317 e. The number of methoxy groups -OCH3 is 2. The number of hydrogen-bond donors (Lipinski definition) is 3. The molecule has 2 aromatic rings. The van der Waals surface area contributed by atoms with E-state index < -0.39 is 12.4 Å². The first kappa shape index (κ1) is 33.3. The first-order valence-corrected chi connectivity index (χ1v) is 11.0. The van der Waals surface area contributed by atoms with Crippen molar-refractivity contribution in [2.75, 3.05) is 51.7 Å². The molecule has 0 atom stereocenters. The molecule has 2 heterocycles. The number of rotatable bonds is 13. The first-order valence-electron chi connectivity index (χ1n) is 11.0. The third-order valence-corrected chi connectivity index (χ3v) is 3.87. The van der Waals surface area contributed by atoms with E-state index in [0.717, 1.165) is 12.8 Å². The Kier molecular flexibility index (Phi) is 20.0. The molecule has 10 nitrogen and oxygen atoms in total. The molecular formula is C19H29B7N5O5. The second-order valence-electron chi connectivity index (χ2n) is 6.99. The van der Waals surface area contributed by atoms with Gasteiger partial charge in [-0.2, -0.15) is 9.97 Å². The molecule has 5 N–H and O–H groups in total. The van der Waals surface area contributed by atoms with Crippen molar-refractivity contribution in [3.63, 3.8) is 0 Å². The van der Waals surface area contributed by atoms with Gasteiger partial charge in [0.1, 0.15) is 11.6 Å². The summed E-state index contributed by atoms with van der Waals surface area (Å²) in [7, 11) is 24.9. The van der Waals surface area contributed by atoms with Crippen molar-refractivity contribution in [1.82, 2.24) is 9.97 Å². The zero-order chi connectivity index (χ0) is 27.2. The van der Waals surface area contributed by atoms with Crippen LogP contribution in [0.3, 0.4) is 0 Å². The third kappa shape index (κ3) is 18.6. The Bertz CT molecular complexity index is 845. The van der Waals surface area contributed by atoms with Crippen LogP contribution in [0.4, 0.5) is 16.4 Å². The minimum atomic E-state index is -0.649. The summed E-state index contributed by atoms with van der Waals surface area (Å²) < 4.78 is 20.4. The Balaban J connectivity index is 0.000000550.